The van der Waals surface area contributed by atoms with Gasteiger partial charge in [0.25, 0.3) is 5.91 Å². The minimum Gasteiger partial charge on any atom is -0.452 e. The van der Waals surface area contributed by atoms with Crippen molar-refractivity contribution < 1.29 is 14.3 Å². The SMILES string of the molecule is O=C(COC(=O)c1cc(=O)[nH]c2ccccc12)NCCSc1ccc(Cl)cc1. The smallest absolute Gasteiger partial charge is 0.339 e. The average Bonchev–Trinajstić information content (AvgIpc) is 2.70. The number of fused-ring (bicyclic) bond motifs is 1. The first kappa shape index (κ1) is 20.0. The molecule has 0 fully saturated rings. The van der Waals surface area contributed by atoms with Crippen molar-refractivity contribution in [1.82, 2.24) is 10.3 Å². The Kier molecular flexibility index (Phi) is 6.73. The first-order chi connectivity index (χ1) is 13.5. The monoisotopic (exact) mass is 416 g/mol. The molecule has 2 N–H and O–H groups in total. The number of rotatable bonds is 7. The highest BCUT2D eigenvalue weighted by molar-refractivity contribution is 7.99. The topological polar surface area (TPSA) is 88.3 Å². The lowest BCUT2D eigenvalue weighted by Crippen LogP contribution is -2.30. The van der Waals surface area contributed by atoms with Gasteiger partial charge in [0.15, 0.2) is 6.61 Å². The highest BCUT2D eigenvalue weighted by Gasteiger charge is 2.14. The van der Waals surface area contributed by atoms with Crippen molar-refractivity contribution in [1.29, 1.82) is 0 Å². The molecule has 3 aromatic rings. The summed E-state index contributed by atoms with van der Waals surface area (Å²) >= 11 is 7.41. The van der Waals surface area contributed by atoms with E-state index in [0.29, 0.717) is 28.2 Å². The Morgan fingerprint density at radius 1 is 1.11 bits per heavy atom. The maximum Gasteiger partial charge on any atom is 0.339 e. The molecule has 8 heteroatoms. The minimum atomic E-state index is -0.715. The average molecular weight is 417 g/mol. The molecule has 0 aliphatic heterocycles. The van der Waals surface area contributed by atoms with Crippen LogP contribution in [0, 0.1) is 0 Å². The van der Waals surface area contributed by atoms with Gasteiger partial charge in [0.2, 0.25) is 5.56 Å². The number of nitrogens with one attached hydrogen (secondary N) is 2. The molecule has 1 amide bonds. The highest BCUT2D eigenvalue weighted by atomic mass is 35.5. The number of para-hydroxylation sites is 1. The molecule has 0 atom stereocenters. The lowest BCUT2D eigenvalue weighted by Gasteiger charge is -2.08. The number of esters is 1. The predicted molar refractivity (Wildman–Crippen MR) is 110 cm³/mol. The van der Waals surface area contributed by atoms with E-state index in [1.165, 1.54) is 6.07 Å². The van der Waals surface area contributed by atoms with E-state index >= 15 is 0 Å². The molecule has 1 heterocycles. The third-order valence-corrected chi connectivity index (χ3v) is 5.08. The molecule has 3 rings (SSSR count). The zero-order valence-electron chi connectivity index (χ0n) is 14.7. The standard InChI is InChI=1S/C20H17ClN2O4S/c21-13-5-7-14(8-6-13)28-10-9-22-19(25)12-27-20(26)16-11-18(24)23-17-4-2-1-3-15(16)17/h1-8,11H,9-10,12H2,(H,22,25)(H,23,24). The number of aromatic nitrogens is 1. The molecule has 0 aliphatic carbocycles. The van der Waals surface area contributed by atoms with Gasteiger partial charge < -0.3 is 15.0 Å². The molecular weight excluding hydrogens is 400 g/mol. The fourth-order valence-electron chi connectivity index (χ4n) is 2.52. The lowest BCUT2D eigenvalue weighted by molar-refractivity contribution is -0.124. The maximum atomic E-state index is 12.3. The van der Waals surface area contributed by atoms with Crippen LogP contribution in [0.5, 0.6) is 0 Å². The largest absolute Gasteiger partial charge is 0.452 e. The Balaban J connectivity index is 1.47. The molecule has 0 aliphatic rings. The van der Waals surface area contributed by atoms with E-state index < -0.39 is 24.0 Å². The van der Waals surface area contributed by atoms with Gasteiger partial charge in [-0.3, -0.25) is 9.59 Å². The van der Waals surface area contributed by atoms with Gasteiger partial charge in [-0.25, -0.2) is 4.79 Å². The number of amides is 1. The van der Waals surface area contributed by atoms with E-state index in [0.717, 1.165) is 4.90 Å². The van der Waals surface area contributed by atoms with Gasteiger partial charge in [0.1, 0.15) is 0 Å². The van der Waals surface area contributed by atoms with Crippen molar-refractivity contribution in [3.63, 3.8) is 0 Å². The van der Waals surface area contributed by atoms with Gasteiger partial charge in [0.05, 0.1) is 5.56 Å². The number of thioether (sulfide) groups is 1. The van der Waals surface area contributed by atoms with E-state index in [-0.39, 0.29) is 5.56 Å². The number of hydrogen-bond acceptors (Lipinski definition) is 5. The predicted octanol–water partition coefficient (Wildman–Crippen LogP) is 3.25. The number of aromatic amines is 1. The zero-order valence-corrected chi connectivity index (χ0v) is 16.3. The minimum absolute atomic E-state index is 0.130. The second-order valence-electron chi connectivity index (χ2n) is 5.82. The normalized spacial score (nSPS) is 10.6. The number of ether oxygens (including phenoxy) is 1. The summed E-state index contributed by atoms with van der Waals surface area (Å²) in [4.78, 5) is 39.6. The second kappa shape index (κ2) is 9.43. The summed E-state index contributed by atoms with van der Waals surface area (Å²) in [7, 11) is 0. The molecule has 144 valence electrons. The van der Waals surface area contributed by atoms with Crippen molar-refractivity contribution in [2.45, 2.75) is 4.90 Å². The van der Waals surface area contributed by atoms with E-state index in [1.54, 1.807) is 48.2 Å². The third-order valence-electron chi connectivity index (χ3n) is 3.81. The quantitative estimate of drug-likeness (QED) is 0.350. The van der Waals surface area contributed by atoms with Crippen LogP contribution in [0.3, 0.4) is 0 Å². The second-order valence-corrected chi connectivity index (χ2v) is 7.43. The van der Waals surface area contributed by atoms with Gasteiger partial charge in [-0.05, 0) is 30.3 Å². The van der Waals surface area contributed by atoms with Crippen LogP contribution in [-0.4, -0.2) is 35.8 Å². The summed E-state index contributed by atoms with van der Waals surface area (Å²) in [6, 6.07) is 15.5. The number of hydrogen-bond donors (Lipinski definition) is 2. The van der Waals surface area contributed by atoms with Gasteiger partial charge in [-0.15, -0.1) is 11.8 Å². The number of H-pyrrole nitrogens is 1. The van der Waals surface area contributed by atoms with Crippen molar-refractivity contribution in [2.75, 3.05) is 18.9 Å². The van der Waals surface area contributed by atoms with Crippen LogP contribution >= 0.6 is 23.4 Å². The summed E-state index contributed by atoms with van der Waals surface area (Å²) in [6.07, 6.45) is 0. The van der Waals surface area contributed by atoms with Crippen LogP contribution in [0.2, 0.25) is 5.02 Å². The Labute approximate surface area is 170 Å². The molecular formula is C20H17ClN2O4S. The number of carbonyl (C=O) groups is 2. The number of halogens is 1. The van der Waals surface area contributed by atoms with Crippen LogP contribution in [0.4, 0.5) is 0 Å². The summed E-state index contributed by atoms with van der Waals surface area (Å²) in [5.41, 5.74) is 0.255. The van der Waals surface area contributed by atoms with Crippen LogP contribution in [0.15, 0.2) is 64.3 Å². The Hall–Kier alpha value is -2.77. The van der Waals surface area contributed by atoms with Gasteiger partial charge in [0, 0.05) is 39.2 Å². The lowest BCUT2D eigenvalue weighted by atomic mass is 10.1. The molecule has 28 heavy (non-hydrogen) atoms. The highest BCUT2D eigenvalue weighted by Crippen LogP contribution is 2.19. The number of carbonyl (C=O) groups excluding carboxylic acids is 2. The van der Waals surface area contributed by atoms with Crippen LogP contribution in [0.25, 0.3) is 10.9 Å². The van der Waals surface area contributed by atoms with E-state index in [1.807, 2.05) is 12.1 Å². The van der Waals surface area contributed by atoms with E-state index in [2.05, 4.69) is 10.3 Å². The summed E-state index contributed by atoms with van der Waals surface area (Å²) in [6.45, 7) is 0.0170. The molecule has 0 saturated heterocycles. The van der Waals surface area contributed by atoms with Gasteiger partial charge >= 0.3 is 5.97 Å². The molecule has 0 saturated carbocycles. The summed E-state index contributed by atoms with van der Waals surface area (Å²) < 4.78 is 5.06. The molecule has 1 aromatic heterocycles. The van der Waals surface area contributed by atoms with E-state index in [9.17, 15) is 14.4 Å². The fourth-order valence-corrected chi connectivity index (χ4v) is 3.42. The van der Waals surface area contributed by atoms with Gasteiger partial charge in [-0.1, -0.05) is 29.8 Å². The fraction of sp³-hybridized carbons (Fsp3) is 0.150. The first-order valence-electron chi connectivity index (χ1n) is 8.47. The van der Waals surface area contributed by atoms with Crippen molar-refractivity contribution in [3.8, 4) is 0 Å². The number of pyridine rings is 1. The summed E-state index contributed by atoms with van der Waals surface area (Å²) in [5.74, 6) is -0.452. The summed E-state index contributed by atoms with van der Waals surface area (Å²) in [5, 5.41) is 3.92. The Morgan fingerprint density at radius 3 is 2.64 bits per heavy atom. The van der Waals surface area contributed by atoms with Crippen molar-refractivity contribution >= 4 is 46.1 Å². The molecule has 0 spiro atoms. The third kappa shape index (κ3) is 5.37. The molecule has 6 nitrogen and oxygen atoms in total. The van der Waals surface area contributed by atoms with E-state index in [4.69, 9.17) is 16.3 Å². The molecule has 0 radical (unpaired) electrons. The molecule has 0 bridgehead atoms. The maximum absolute atomic E-state index is 12.3. The van der Waals surface area contributed by atoms with Crippen LogP contribution < -0.4 is 10.9 Å². The number of benzene rings is 2. The Morgan fingerprint density at radius 2 is 1.86 bits per heavy atom. The Bertz CT molecular complexity index is 1050. The van der Waals surface area contributed by atoms with Gasteiger partial charge in [-0.2, -0.15) is 0 Å². The van der Waals surface area contributed by atoms with Crippen molar-refractivity contribution in [2.24, 2.45) is 0 Å². The van der Waals surface area contributed by atoms with Crippen molar-refractivity contribution in [3.05, 3.63) is 75.5 Å². The molecule has 0 unspecified atom stereocenters. The molecule has 2 aromatic carbocycles. The van der Waals surface area contributed by atoms with Crippen LogP contribution in [-0.2, 0) is 9.53 Å². The zero-order chi connectivity index (χ0) is 19.9. The first-order valence-corrected chi connectivity index (χ1v) is 9.83. The van der Waals surface area contributed by atoms with Crippen LogP contribution in [0.1, 0.15) is 10.4 Å².